The van der Waals surface area contributed by atoms with Gasteiger partial charge in [0.1, 0.15) is 0 Å². The highest BCUT2D eigenvalue weighted by molar-refractivity contribution is 5.93. The number of amides is 1. The fourth-order valence-corrected chi connectivity index (χ4v) is 3.65. The van der Waals surface area contributed by atoms with Crippen molar-refractivity contribution in [1.82, 2.24) is 25.0 Å². The van der Waals surface area contributed by atoms with Crippen LogP contribution in [-0.2, 0) is 11.3 Å². The molecule has 2 aliphatic rings. The lowest BCUT2D eigenvalue weighted by Crippen LogP contribution is -2.60. The van der Waals surface area contributed by atoms with Crippen molar-refractivity contribution >= 4 is 5.91 Å². The molecule has 25 heavy (non-hydrogen) atoms. The summed E-state index contributed by atoms with van der Waals surface area (Å²) >= 11 is 0. The van der Waals surface area contributed by atoms with Crippen LogP contribution in [0.15, 0.2) is 43.0 Å². The molecule has 4 rings (SSSR count). The number of carbonyl (C=O) groups excluding carboxylic acids is 1. The fourth-order valence-electron chi connectivity index (χ4n) is 3.65. The average Bonchev–Trinajstić information content (AvgIpc) is 2.69. The molecule has 2 fully saturated rings. The third-order valence-corrected chi connectivity index (χ3v) is 4.95. The fraction of sp³-hybridized carbons (Fsp3) is 0.444. The lowest BCUT2D eigenvalue weighted by Gasteiger charge is -2.47. The van der Waals surface area contributed by atoms with Gasteiger partial charge in [-0.05, 0) is 30.2 Å². The minimum Gasteiger partial charge on any atom is -0.375 e. The van der Waals surface area contributed by atoms with Crippen LogP contribution in [0.25, 0.3) is 0 Å². The average molecular weight is 339 g/mol. The Morgan fingerprint density at radius 1 is 1.16 bits per heavy atom. The topological polar surface area (TPSA) is 71.5 Å². The van der Waals surface area contributed by atoms with E-state index in [1.165, 1.54) is 11.8 Å². The third-order valence-electron chi connectivity index (χ3n) is 4.95. The standard InChI is InChI=1S/C18H21N5O2/c24-18(15-3-7-20-21-11-15)23-8-4-17-16(13-23)22(9-10-25-17)12-14-1-5-19-6-2-14/h1-3,5-7,11,16-17H,4,8-10,12-13H2/t16-,17-/m1/s1. The maximum absolute atomic E-state index is 12.7. The second kappa shape index (κ2) is 7.25. The second-order valence-electron chi connectivity index (χ2n) is 6.47. The Kier molecular flexibility index (Phi) is 4.67. The Balaban J connectivity index is 1.48. The smallest absolute Gasteiger partial charge is 0.255 e. The molecule has 0 aromatic carbocycles. The van der Waals surface area contributed by atoms with Gasteiger partial charge in [-0.15, -0.1) is 0 Å². The molecule has 7 nitrogen and oxygen atoms in total. The quantitative estimate of drug-likeness (QED) is 0.830. The van der Waals surface area contributed by atoms with Crippen LogP contribution in [0.1, 0.15) is 22.3 Å². The minimum absolute atomic E-state index is 0.0165. The number of pyridine rings is 1. The van der Waals surface area contributed by atoms with Crippen molar-refractivity contribution in [2.75, 3.05) is 26.2 Å². The number of carbonyl (C=O) groups is 1. The van der Waals surface area contributed by atoms with E-state index in [1.54, 1.807) is 12.3 Å². The first-order chi connectivity index (χ1) is 12.3. The molecule has 2 aliphatic heterocycles. The minimum atomic E-state index is 0.0165. The number of aromatic nitrogens is 3. The Morgan fingerprint density at radius 2 is 2.04 bits per heavy atom. The number of piperidine rings is 1. The maximum atomic E-state index is 12.7. The molecule has 4 heterocycles. The van der Waals surface area contributed by atoms with Crippen LogP contribution in [-0.4, -0.2) is 69.3 Å². The van der Waals surface area contributed by atoms with Crippen LogP contribution >= 0.6 is 0 Å². The highest BCUT2D eigenvalue weighted by atomic mass is 16.5. The molecule has 2 saturated heterocycles. The van der Waals surface area contributed by atoms with E-state index in [0.717, 1.165) is 26.1 Å². The molecular formula is C18H21N5O2. The van der Waals surface area contributed by atoms with Crippen LogP contribution < -0.4 is 0 Å². The summed E-state index contributed by atoms with van der Waals surface area (Å²) in [5, 5.41) is 7.56. The number of ether oxygens (including phenoxy) is 1. The Bertz CT molecular complexity index is 712. The van der Waals surface area contributed by atoms with E-state index in [-0.39, 0.29) is 18.1 Å². The van der Waals surface area contributed by atoms with Gasteiger partial charge in [0.2, 0.25) is 0 Å². The predicted molar refractivity (Wildman–Crippen MR) is 90.7 cm³/mol. The molecule has 2 atom stereocenters. The van der Waals surface area contributed by atoms with Gasteiger partial charge in [-0.2, -0.15) is 10.2 Å². The Morgan fingerprint density at radius 3 is 2.84 bits per heavy atom. The molecule has 130 valence electrons. The molecular weight excluding hydrogens is 318 g/mol. The molecule has 7 heteroatoms. The van der Waals surface area contributed by atoms with Crippen LogP contribution in [0.5, 0.6) is 0 Å². The summed E-state index contributed by atoms with van der Waals surface area (Å²) in [6, 6.07) is 6.01. The van der Waals surface area contributed by atoms with Crippen molar-refractivity contribution in [3.8, 4) is 0 Å². The first-order valence-electron chi connectivity index (χ1n) is 8.62. The number of hydrogen-bond acceptors (Lipinski definition) is 6. The molecule has 0 bridgehead atoms. The number of likely N-dealkylation sites (tertiary alicyclic amines) is 1. The van der Waals surface area contributed by atoms with Gasteiger partial charge in [0, 0.05) is 38.6 Å². The third kappa shape index (κ3) is 3.52. The van der Waals surface area contributed by atoms with Crippen LogP contribution in [0.3, 0.4) is 0 Å². The van der Waals surface area contributed by atoms with Gasteiger partial charge in [0.25, 0.3) is 5.91 Å². The highest BCUT2D eigenvalue weighted by Gasteiger charge is 2.38. The summed E-state index contributed by atoms with van der Waals surface area (Å²) in [6.45, 7) is 3.87. The van der Waals surface area contributed by atoms with Crippen molar-refractivity contribution in [3.05, 3.63) is 54.1 Å². The van der Waals surface area contributed by atoms with Crippen molar-refractivity contribution in [2.24, 2.45) is 0 Å². The number of morpholine rings is 1. The second-order valence-corrected chi connectivity index (χ2v) is 6.47. The Hall–Kier alpha value is -2.38. The zero-order chi connectivity index (χ0) is 17.1. The maximum Gasteiger partial charge on any atom is 0.255 e. The van der Waals surface area contributed by atoms with Gasteiger partial charge < -0.3 is 9.64 Å². The summed E-state index contributed by atoms with van der Waals surface area (Å²) in [4.78, 5) is 21.1. The summed E-state index contributed by atoms with van der Waals surface area (Å²) < 4.78 is 5.97. The number of rotatable bonds is 3. The first-order valence-corrected chi connectivity index (χ1v) is 8.62. The van der Waals surface area contributed by atoms with Crippen LogP contribution in [0, 0.1) is 0 Å². The number of nitrogens with zero attached hydrogens (tertiary/aromatic N) is 5. The summed E-state index contributed by atoms with van der Waals surface area (Å²) in [7, 11) is 0. The van der Waals surface area contributed by atoms with Gasteiger partial charge in [0.05, 0.1) is 36.7 Å². The van der Waals surface area contributed by atoms with E-state index in [0.29, 0.717) is 18.7 Å². The normalized spacial score (nSPS) is 23.9. The highest BCUT2D eigenvalue weighted by Crippen LogP contribution is 2.25. The lowest BCUT2D eigenvalue weighted by atomic mass is 9.97. The Labute approximate surface area is 146 Å². The van der Waals surface area contributed by atoms with Gasteiger partial charge in [-0.3, -0.25) is 14.7 Å². The molecule has 0 aliphatic carbocycles. The summed E-state index contributed by atoms with van der Waals surface area (Å²) in [6.07, 6.45) is 7.78. The summed E-state index contributed by atoms with van der Waals surface area (Å²) in [5.41, 5.74) is 1.82. The number of fused-ring (bicyclic) bond motifs is 1. The lowest BCUT2D eigenvalue weighted by molar-refractivity contribution is -0.101. The molecule has 0 radical (unpaired) electrons. The van der Waals surface area contributed by atoms with E-state index >= 15 is 0 Å². The van der Waals surface area contributed by atoms with E-state index in [1.807, 2.05) is 29.4 Å². The first kappa shape index (κ1) is 16.1. The van der Waals surface area contributed by atoms with Crippen LogP contribution in [0.2, 0.25) is 0 Å². The monoisotopic (exact) mass is 339 g/mol. The van der Waals surface area contributed by atoms with Gasteiger partial charge >= 0.3 is 0 Å². The van der Waals surface area contributed by atoms with E-state index in [9.17, 15) is 4.79 Å². The zero-order valence-electron chi connectivity index (χ0n) is 14.0. The van der Waals surface area contributed by atoms with E-state index < -0.39 is 0 Å². The van der Waals surface area contributed by atoms with E-state index in [2.05, 4.69) is 20.1 Å². The van der Waals surface area contributed by atoms with E-state index in [4.69, 9.17) is 4.74 Å². The molecule has 2 aromatic rings. The van der Waals surface area contributed by atoms with Crippen molar-refractivity contribution < 1.29 is 9.53 Å². The number of hydrogen-bond donors (Lipinski definition) is 0. The zero-order valence-corrected chi connectivity index (χ0v) is 14.0. The van der Waals surface area contributed by atoms with Crippen LogP contribution in [0.4, 0.5) is 0 Å². The molecule has 0 spiro atoms. The molecule has 2 aromatic heterocycles. The molecule has 0 saturated carbocycles. The van der Waals surface area contributed by atoms with Crippen molar-refractivity contribution in [1.29, 1.82) is 0 Å². The predicted octanol–water partition coefficient (Wildman–Crippen LogP) is 0.987. The summed E-state index contributed by atoms with van der Waals surface area (Å²) in [5.74, 6) is 0.0165. The van der Waals surface area contributed by atoms with Gasteiger partial charge in [-0.1, -0.05) is 0 Å². The van der Waals surface area contributed by atoms with Crippen molar-refractivity contribution in [3.63, 3.8) is 0 Å². The molecule has 0 N–H and O–H groups in total. The van der Waals surface area contributed by atoms with Gasteiger partial charge in [0.15, 0.2) is 0 Å². The SMILES string of the molecule is O=C(c1ccnnc1)N1CC[C@H]2OCCN(Cc3ccncc3)[C@@H]2C1. The van der Waals surface area contributed by atoms with Gasteiger partial charge in [-0.25, -0.2) is 0 Å². The largest absolute Gasteiger partial charge is 0.375 e. The molecule has 1 amide bonds. The molecule has 0 unspecified atom stereocenters. The van der Waals surface area contributed by atoms with Crippen molar-refractivity contribution in [2.45, 2.75) is 25.1 Å².